The van der Waals surface area contributed by atoms with Crippen LogP contribution < -0.4 is 0 Å². The molecule has 0 spiro atoms. The number of ketones is 1. The van der Waals surface area contributed by atoms with Gasteiger partial charge in [0, 0.05) is 58.2 Å². The Balaban J connectivity index is 1.49. The molecule has 28 heavy (non-hydrogen) atoms. The summed E-state index contributed by atoms with van der Waals surface area (Å²) in [5.74, 6) is -0.285. The standard InChI is InChI=1S/C21H30FN3O3/c1-23(2)20(27)25-13-10-21(28)9-12-24(14-17(21)15-25)11-3-4-19(26)16-5-7-18(22)8-6-16/h5-8,17,28H,3-4,9-15H2,1-2H3/t17-,21-/m1/s1. The highest BCUT2D eigenvalue weighted by Crippen LogP contribution is 2.35. The highest BCUT2D eigenvalue weighted by molar-refractivity contribution is 5.95. The summed E-state index contributed by atoms with van der Waals surface area (Å²) in [5, 5.41) is 11.0. The number of benzene rings is 1. The van der Waals surface area contributed by atoms with Gasteiger partial charge in [0.05, 0.1) is 5.60 Å². The molecular weight excluding hydrogens is 361 g/mol. The molecule has 0 unspecified atom stereocenters. The Morgan fingerprint density at radius 1 is 1.18 bits per heavy atom. The molecule has 2 saturated heterocycles. The summed E-state index contributed by atoms with van der Waals surface area (Å²) in [4.78, 5) is 30.2. The Hall–Kier alpha value is -1.99. The van der Waals surface area contributed by atoms with Crippen LogP contribution in [0.5, 0.6) is 0 Å². The Kier molecular flexibility index (Phi) is 6.35. The molecule has 1 N–H and O–H groups in total. The van der Waals surface area contributed by atoms with Crippen molar-refractivity contribution in [2.75, 3.05) is 46.8 Å². The van der Waals surface area contributed by atoms with Crippen molar-refractivity contribution in [3.8, 4) is 0 Å². The average Bonchev–Trinajstić information content (AvgIpc) is 2.67. The molecule has 0 bridgehead atoms. The molecule has 2 aliphatic rings. The van der Waals surface area contributed by atoms with Gasteiger partial charge in [0.1, 0.15) is 5.82 Å². The number of halogens is 1. The molecule has 0 saturated carbocycles. The summed E-state index contributed by atoms with van der Waals surface area (Å²) in [6, 6.07) is 5.66. The van der Waals surface area contributed by atoms with Gasteiger partial charge in [0.25, 0.3) is 0 Å². The first-order valence-electron chi connectivity index (χ1n) is 9.98. The number of hydrogen-bond donors (Lipinski definition) is 1. The molecule has 2 heterocycles. The summed E-state index contributed by atoms with van der Waals surface area (Å²) in [6.45, 7) is 3.48. The first-order valence-corrected chi connectivity index (χ1v) is 9.98. The Labute approximate surface area is 165 Å². The van der Waals surface area contributed by atoms with Gasteiger partial charge in [0.15, 0.2) is 5.78 Å². The molecule has 0 aromatic heterocycles. The van der Waals surface area contributed by atoms with Gasteiger partial charge >= 0.3 is 6.03 Å². The third-order valence-electron chi connectivity index (χ3n) is 6.05. The smallest absolute Gasteiger partial charge is 0.319 e. The highest BCUT2D eigenvalue weighted by Gasteiger charge is 2.45. The van der Waals surface area contributed by atoms with E-state index in [4.69, 9.17) is 0 Å². The Morgan fingerprint density at radius 3 is 2.54 bits per heavy atom. The normalized spacial score (nSPS) is 25.3. The number of carbonyl (C=O) groups is 2. The van der Waals surface area contributed by atoms with Crippen molar-refractivity contribution >= 4 is 11.8 Å². The lowest BCUT2D eigenvalue weighted by molar-refractivity contribution is -0.107. The molecule has 7 heteroatoms. The lowest BCUT2D eigenvalue weighted by atomic mass is 9.75. The van der Waals surface area contributed by atoms with Crippen LogP contribution in [0.15, 0.2) is 24.3 Å². The number of piperidine rings is 2. The van der Waals surface area contributed by atoms with Crippen LogP contribution in [0.2, 0.25) is 0 Å². The number of likely N-dealkylation sites (tertiary alicyclic amines) is 2. The molecule has 3 rings (SSSR count). The van der Waals surface area contributed by atoms with Crippen molar-refractivity contribution in [2.24, 2.45) is 5.92 Å². The first-order chi connectivity index (χ1) is 13.3. The van der Waals surface area contributed by atoms with Crippen LogP contribution in [0.4, 0.5) is 9.18 Å². The number of hydrogen-bond acceptors (Lipinski definition) is 4. The molecule has 2 fully saturated rings. The van der Waals surface area contributed by atoms with Crippen LogP contribution in [0.3, 0.4) is 0 Å². The van der Waals surface area contributed by atoms with E-state index < -0.39 is 5.60 Å². The molecule has 2 aliphatic heterocycles. The fraction of sp³-hybridized carbons (Fsp3) is 0.619. The topological polar surface area (TPSA) is 64.1 Å². The Morgan fingerprint density at radius 2 is 1.86 bits per heavy atom. The summed E-state index contributed by atoms with van der Waals surface area (Å²) in [7, 11) is 3.49. The SMILES string of the molecule is CN(C)C(=O)N1CC[C@]2(O)CCN(CCCC(=O)c3ccc(F)cc3)C[C@@H]2C1. The maximum atomic E-state index is 13.0. The second-order valence-corrected chi connectivity index (χ2v) is 8.26. The minimum Gasteiger partial charge on any atom is -0.389 e. The van der Waals surface area contributed by atoms with Crippen LogP contribution in [-0.4, -0.2) is 84.0 Å². The Bertz CT molecular complexity index is 709. The lowest BCUT2D eigenvalue weighted by Crippen LogP contribution is -2.61. The van der Waals surface area contributed by atoms with E-state index in [9.17, 15) is 19.1 Å². The van der Waals surface area contributed by atoms with Crippen molar-refractivity contribution in [3.05, 3.63) is 35.6 Å². The molecule has 1 aromatic rings. The molecular formula is C21H30FN3O3. The predicted molar refractivity (Wildman–Crippen MR) is 105 cm³/mol. The van der Waals surface area contributed by atoms with Crippen molar-refractivity contribution in [3.63, 3.8) is 0 Å². The van der Waals surface area contributed by atoms with E-state index in [0.29, 0.717) is 37.9 Å². The first kappa shape index (κ1) is 20.7. The van der Waals surface area contributed by atoms with Gasteiger partial charge in [-0.3, -0.25) is 4.79 Å². The van der Waals surface area contributed by atoms with Crippen molar-refractivity contribution in [2.45, 2.75) is 31.3 Å². The van der Waals surface area contributed by atoms with Gasteiger partial charge in [-0.05, 0) is 50.1 Å². The quantitative estimate of drug-likeness (QED) is 0.782. The van der Waals surface area contributed by atoms with Gasteiger partial charge < -0.3 is 19.8 Å². The van der Waals surface area contributed by atoms with Gasteiger partial charge in [-0.25, -0.2) is 9.18 Å². The van der Waals surface area contributed by atoms with Crippen molar-refractivity contribution in [1.29, 1.82) is 0 Å². The number of fused-ring (bicyclic) bond motifs is 1. The van der Waals surface area contributed by atoms with Gasteiger partial charge in [0.2, 0.25) is 0 Å². The van der Waals surface area contributed by atoms with E-state index in [2.05, 4.69) is 4.90 Å². The summed E-state index contributed by atoms with van der Waals surface area (Å²) in [6.07, 6.45) is 2.46. The summed E-state index contributed by atoms with van der Waals surface area (Å²) in [5.41, 5.74) is -0.150. The largest absolute Gasteiger partial charge is 0.389 e. The van der Waals surface area contributed by atoms with E-state index in [1.807, 2.05) is 4.90 Å². The van der Waals surface area contributed by atoms with E-state index >= 15 is 0 Å². The number of carbonyl (C=O) groups excluding carboxylic acids is 2. The molecule has 0 aliphatic carbocycles. The second-order valence-electron chi connectivity index (χ2n) is 8.26. The zero-order valence-electron chi connectivity index (χ0n) is 16.7. The third-order valence-corrected chi connectivity index (χ3v) is 6.05. The molecule has 2 amide bonds. The molecule has 2 atom stereocenters. The fourth-order valence-corrected chi connectivity index (χ4v) is 4.27. The average molecular weight is 391 g/mol. The van der Waals surface area contributed by atoms with Crippen molar-refractivity contribution in [1.82, 2.24) is 14.7 Å². The maximum Gasteiger partial charge on any atom is 0.319 e. The molecule has 6 nitrogen and oxygen atoms in total. The van der Waals surface area contributed by atoms with Crippen LogP contribution in [0, 0.1) is 11.7 Å². The van der Waals surface area contributed by atoms with Gasteiger partial charge in [-0.15, -0.1) is 0 Å². The number of nitrogens with zero attached hydrogens (tertiary/aromatic N) is 3. The van der Waals surface area contributed by atoms with E-state index in [1.165, 1.54) is 24.3 Å². The number of aliphatic hydroxyl groups is 1. The number of Topliss-reactive ketones (excluding diaryl/α,β-unsaturated/α-hetero) is 1. The fourth-order valence-electron chi connectivity index (χ4n) is 4.27. The minimum atomic E-state index is -0.691. The highest BCUT2D eigenvalue weighted by atomic mass is 19.1. The van der Waals surface area contributed by atoms with Gasteiger partial charge in [-0.1, -0.05) is 0 Å². The number of urea groups is 1. The summed E-state index contributed by atoms with van der Waals surface area (Å²) < 4.78 is 13.0. The third kappa shape index (κ3) is 4.70. The second kappa shape index (κ2) is 8.57. The van der Waals surface area contributed by atoms with E-state index in [0.717, 1.165) is 26.1 Å². The monoisotopic (exact) mass is 391 g/mol. The zero-order chi connectivity index (χ0) is 20.3. The maximum absolute atomic E-state index is 13.0. The predicted octanol–water partition coefficient (Wildman–Crippen LogP) is 2.23. The van der Waals surface area contributed by atoms with E-state index in [1.54, 1.807) is 19.0 Å². The minimum absolute atomic E-state index is 0.0101. The zero-order valence-corrected chi connectivity index (χ0v) is 16.7. The lowest BCUT2D eigenvalue weighted by Gasteiger charge is -2.50. The number of amides is 2. The molecule has 0 radical (unpaired) electrons. The summed E-state index contributed by atoms with van der Waals surface area (Å²) >= 11 is 0. The molecule has 154 valence electrons. The van der Waals surface area contributed by atoms with E-state index in [-0.39, 0.29) is 23.5 Å². The van der Waals surface area contributed by atoms with Crippen LogP contribution in [0.25, 0.3) is 0 Å². The van der Waals surface area contributed by atoms with Gasteiger partial charge in [-0.2, -0.15) is 0 Å². The number of rotatable bonds is 5. The van der Waals surface area contributed by atoms with Crippen molar-refractivity contribution < 1.29 is 19.1 Å². The molecule has 1 aromatic carbocycles. The van der Waals surface area contributed by atoms with Crippen LogP contribution in [-0.2, 0) is 0 Å². The van der Waals surface area contributed by atoms with Crippen LogP contribution >= 0.6 is 0 Å². The van der Waals surface area contributed by atoms with Crippen LogP contribution in [0.1, 0.15) is 36.0 Å².